The quantitative estimate of drug-likeness (QED) is 0.253. The molecule has 0 heterocycles. The Hall–Kier alpha value is -0.790. The average molecular weight is 268 g/mol. The van der Waals surface area contributed by atoms with Gasteiger partial charge < -0.3 is 4.74 Å². The van der Waals surface area contributed by atoms with Crippen molar-refractivity contribution in [1.29, 1.82) is 0 Å². The van der Waals surface area contributed by atoms with Gasteiger partial charge in [-0.3, -0.25) is 4.79 Å². The number of rotatable bonds is 13. The fraction of sp³-hybridized carbons (Fsp3) is 0.824. The Balaban J connectivity index is 3.05. The molecule has 112 valence electrons. The smallest absolute Gasteiger partial charge is 0.302 e. The number of carbonyl (C=O) groups is 1. The fourth-order valence-electron chi connectivity index (χ4n) is 2.04. The number of hydrogen-bond donors (Lipinski definition) is 0. The van der Waals surface area contributed by atoms with E-state index in [0.29, 0.717) is 6.61 Å². The van der Waals surface area contributed by atoms with E-state index in [2.05, 4.69) is 19.1 Å². The second-order valence-corrected chi connectivity index (χ2v) is 5.22. The van der Waals surface area contributed by atoms with Gasteiger partial charge in [0.1, 0.15) is 0 Å². The molecule has 0 aromatic rings. The fourth-order valence-corrected chi connectivity index (χ4v) is 2.04. The molecule has 0 aliphatic heterocycles. The van der Waals surface area contributed by atoms with E-state index in [1.807, 2.05) is 0 Å². The lowest BCUT2D eigenvalue weighted by Crippen LogP contribution is -1.99. The molecule has 0 aliphatic carbocycles. The summed E-state index contributed by atoms with van der Waals surface area (Å²) in [6.07, 6.45) is 18.6. The van der Waals surface area contributed by atoms with Crippen molar-refractivity contribution in [2.45, 2.75) is 84.5 Å². The maximum atomic E-state index is 10.5. The average Bonchev–Trinajstić information content (AvgIpc) is 2.39. The van der Waals surface area contributed by atoms with Gasteiger partial charge in [-0.1, -0.05) is 57.6 Å². The van der Waals surface area contributed by atoms with Gasteiger partial charge in [0, 0.05) is 6.92 Å². The van der Waals surface area contributed by atoms with E-state index < -0.39 is 0 Å². The first-order chi connectivity index (χ1) is 9.27. The molecule has 0 aromatic carbocycles. The van der Waals surface area contributed by atoms with Crippen LogP contribution in [0.3, 0.4) is 0 Å². The molecule has 2 heteroatoms. The van der Waals surface area contributed by atoms with Crippen LogP contribution in [0.2, 0.25) is 0 Å². The number of ether oxygens (including phenoxy) is 1. The first-order valence-corrected chi connectivity index (χ1v) is 8.05. The molecular weight excluding hydrogens is 236 g/mol. The topological polar surface area (TPSA) is 26.3 Å². The summed E-state index contributed by atoms with van der Waals surface area (Å²) in [5.74, 6) is -0.163. The van der Waals surface area contributed by atoms with Crippen LogP contribution in [-0.2, 0) is 9.53 Å². The molecule has 0 bridgehead atoms. The van der Waals surface area contributed by atoms with Gasteiger partial charge in [0.25, 0.3) is 0 Å². The van der Waals surface area contributed by atoms with Gasteiger partial charge >= 0.3 is 5.97 Å². The van der Waals surface area contributed by atoms with Gasteiger partial charge in [-0.15, -0.1) is 0 Å². The highest BCUT2D eigenvalue weighted by molar-refractivity contribution is 5.65. The Morgan fingerprint density at radius 3 is 1.95 bits per heavy atom. The van der Waals surface area contributed by atoms with Crippen molar-refractivity contribution in [3.05, 3.63) is 12.2 Å². The van der Waals surface area contributed by atoms with Crippen LogP contribution < -0.4 is 0 Å². The molecule has 0 aromatic heterocycles. The second-order valence-electron chi connectivity index (χ2n) is 5.22. The number of hydrogen-bond acceptors (Lipinski definition) is 2. The Kier molecular flexibility index (Phi) is 14.6. The monoisotopic (exact) mass is 268 g/mol. The van der Waals surface area contributed by atoms with Crippen molar-refractivity contribution < 1.29 is 9.53 Å². The molecule has 0 amide bonds. The summed E-state index contributed by atoms with van der Waals surface area (Å²) < 4.78 is 4.89. The highest BCUT2D eigenvalue weighted by Gasteiger charge is 1.93. The molecule has 0 radical (unpaired) electrons. The normalized spacial score (nSPS) is 11.1. The van der Waals surface area contributed by atoms with Crippen LogP contribution in [0, 0.1) is 0 Å². The molecule has 0 aliphatic rings. The maximum Gasteiger partial charge on any atom is 0.302 e. The van der Waals surface area contributed by atoms with Crippen LogP contribution in [-0.4, -0.2) is 12.6 Å². The van der Waals surface area contributed by atoms with Gasteiger partial charge in [0.15, 0.2) is 0 Å². The molecule has 0 unspecified atom stereocenters. The zero-order chi connectivity index (χ0) is 14.2. The van der Waals surface area contributed by atoms with Gasteiger partial charge in [0.05, 0.1) is 6.61 Å². The lowest BCUT2D eigenvalue weighted by Gasteiger charge is -2.01. The first kappa shape index (κ1) is 18.2. The SMILES string of the molecule is CCCCCCC=CCCCCCCCOC(C)=O. The minimum atomic E-state index is -0.163. The van der Waals surface area contributed by atoms with Crippen molar-refractivity contribution in [2.75, 3.05) is 6.61 Å². The van der Waals surface area contributed by atoms with Crippen molar-refractivity contribution >= 4 is 5.97 Å². The third-order valence-corrected chi connectivity index (χ3v) is 3.21. The van der Waals surface area contributed by atoms with E-state index in [1.165, 1.54) is 71.1 Å². The summed E-state index contributed by atoms with van der Waals surface area (Å²) in [5.41, 5.74) is 0. The van der Waals surface area contributed by atoms with Crippen molar-refractivity contribution in [1.82, 2.24) is 0 Å². The zero-order valence-corrected chi connectivity index (χ0v) is 13.0. The van der Waals surface area contributed by atoms with Crippen molar-refractivity contribution in [3.8, 4) is 0 Å². The third-order valence-electron chi connectivity index (χ3n) is 3.21. The summed E-state index contributed by atoms with van der Waals surface area (Å²) in [6, 6.07) is 0. The number of carbonyl (C=O) groups excluding carboxylic acids is 1. The van der Waals surface area contributed by atoms with Crippen LogP contribution in [0.25, 0.3) is 0 Å². The van der Waals surface area contributed by atoms with Crippen LogP contribution >= 0.6 is 0 Å². The van der Waals surface area contributed by atoms with Gasteiger partial charge in [0.2, 0.25) is 0 Å². The third kappa shape index (κ3) is 17.2. The van der Waals surface area contributed by atoms with Crippen LogP contribution in [0.1, 0.15) is 84.5 Å². The molecule has 19 heavy (non-hydrogen) atoms. The van der Waals surface area contributed by atoms with E-state index in [-0.39, 0.29) is 5.97 Å². The number of unbranched alkanes of at least 4 members (excludes halogenated alkanes) is 9. The summed E-state index contributed by atoms with van der Waals surface area (Å²) in [7, 11) is 0. The zero-order valence-electron chi connectivity index (χ0n) is 13.0. The highest BCUT2D eigenvalue weighted by Crippen LogP contribution is 2.07. The second kappa shape index (κ2) is 15.3. The molecule has 0 rings (SSSR count). The lowest BCUT2D eigenvalue weighted by molar-refractivity contribution is -0.141. The van der Waals surface area contributed by atoms with Crippen molar-refractivity contribution in [3.63, 3.8) is 0 Å². The summed E-state index contributed by atoms with van der Waals surface area (Å²) >= 11 is 0. The summed E-state index contributed by atoms with van der Waals surface area (Å²) in [4.78, 5) is 10.5. The highest BCUT2D eigenvalue weighted by atomic mass is 16.5. The molecule has 2 nitrogen and oxygen atoms in total. The number of esters is 1. The minimum absolute atomic E-state index is 0.163. The molecule has 0 saturated heterocycles. The predicted molar refractivity (Wildman–Crippen MR) is 82.2 cm³/mol. The van der Waals surface area contributed by atoms with Crippen LogP contribution in [0.15, 0.2) is 12.2 Å². The Morgan fingerprint density at radius 2 is 1.37 bits per heavy atom. The van der Waals surface area contributed by atoms with E-state index in [0.717, 1.165) is 6.42 Å². The van der Waals surface area contributed by atoms with Crippen molar-refractivity contribution in [2.24, 2.45) is 0 Å². The van der Waals surface area contributed by atoms with E-state index in [4.69, 9.17) is 4.74 Å². The van der Waals surface area contributed by atoms with Gasteiger partial charge in [-0.05, 0) is 32.1 Å². The molecule has 0 spiro atoms. The molecule has 0 saturated carbocycles. The lowest BCUT2D eigenvalue weighted by atomic mass is 10.1. The van der Waals surface area contributed by atoms with Gasteiger partial charge in [-0.2, -0.15) is 0 Å². The maximum absolute atomic E-state index is 10.5. The largest absolute Gasteiger partial charge is 0.466 e. The van der Waals surface area contributed by atoms with Gasteiger partial charge in [-0.25, -0.2) is 0 Å². The molecule has 0 atom stereocenters. The number of allylic oxidation sites excluding steroid dienone is 2. The Labute approximate surface area is 119 Å². The minimum Gasteiger partial charge on any atom is -0.466 e. The van der Waals surface area contributed by atoms with E-state index >= 15 is 0 Å². The van der Waals surface area contributed by atoms with Crippen LogP contribution in [0.4, 0.5) is 0 Å². The van der Waals surface area contributed by atoms with Crippen LogP contribution in [0.5, 0.6) is 0 Å². The Morgan fingerprint density at radius 1 is 0.842 bits per heavy atom. The standard InChI is InChI=1S/C17H32O2/c1-3-4-5-6-7-8-9-10-11-12-13-14-15-16-19-17(2)18/h8-9H,3-7,10-16H2,1-2H3. The summed E-state index contributed by atoms with van der Waals surface area (Å²) in [5, 5.41) is 0. The first-order valence-electron chi connectivity index (χ1n) is 8.05. The van der Waals surface area contributed by atoms with E-state index in [9.17, 15) is 4.79 Å². The Bertz CT molecular complexity index is 221. The summed E-state index contributed by atoms with van der Waals surface area (Å²) in [6.45, 7) is 4.31. The van der Waals surface area contributed by atoms with E-state index in [1.54, 1.807) is 0 Å². The predicted octanol–water partition coefficient (Wildman–Crippen LogP) is 5.42. The molecular formula is C17H32O2. The molecule has 0 fully saturated rings. The molecule has 0 N–H and O–H groups in total.